The van der Waals surface area contributed by atoms with Crippen LogP contribution in [0.3, 0.4) is 0 Å². The minimum atomic E-state index is -0.394. The Balaban J connectivity index is 2.26. The van der Waals surface area contributed by atoms with Gasteiger partial charge in [-0.1, -0.05) is 20.8 Å². The van der Waals surface area contributed by atoms with E-state index in [0.717, 1.165) is 12.8 Å². The molecule has 0 aromatic rings. The lowest BCUT2D eigenvalue weighted by atomic mass is 9.85. The van der Waals surface area contributed by atoms with E-state index in [0.29, 0.717) is 13.0 Å². The summed E-state index contributed by atoms with van der Waals surface area (Å²) in [6, 6.07) is -0.394. The van der Waals surface area contributed by atoms with Gasteiger partial charge >= 0.3 is 0 Å². The summed E-state index contributed by atoms with van der Waals surface area (Å²) in [5.41, 5.74) is -0.229. The van der Waals surface area contributed by atoms with Gasteiger partial charge in [-0.15, -0.1) is 0 Å². The van der Waals surface area contributed by atoms with Gasteiger partial charge in [-0.2, -0.15) is 0 Å². The molecule has 1 unspecified atom stereocenters. The predicted octanol–water partition coefficient (Wildman–Crippen LogP) is 1.30. The number of rotatable bonds is 1. The van der Waals surface area contributed by atoms with Crippen molar-refractivity contribution in [2.24, 2.45) is 5.41 Å². The van der Waals surface area contributed by atoms with E-state index >= 15 is 0 Å². The molecular formula is C13H22N2O2. The predicted molar refractivity (Wildman–Crippen MR) is 65.4 cm³/mol. The molecule has 0 spiro atoms. The van der Waals surface area contributed by atoms with Crippen LogP contribution in [0.5, 0.6) is 0 Å². The number of hydrogen-bond donors (Lipinski definition) is 1. The Labute approximate surface area is 103 Å². The first kappa shape index (κ1) is 12.4. The molecule has 96 valence electrons. The lowest BCUT2D eigenvalue weighted by Gasteiger charge is -2.35. The molecule has 2 aliphatic rings. The fraction of sp³-hybridized carbons (Fsp3) is 0.846. The molecule has 4 heteroatoms. The van der Waals surface area contributed by atoms with E-state index in [1.54, 1.807) is 0 Å². The van der Waals surface area contributed by atoms with Crippen molar-refractivity contribution in [2.45, 2.75) is 58.5 Å². The van der Waals surface area contributed by atoms with Gasteiger partial charge in [0.2, 0.25) is 11.8 Å². The molecule has 2 fully saturated rings. The first-order valence-corrected chi connectivity index (χ1v) is 6.35. The van der Waals surface area contributed by atoms with Crippen LogP contribution in [0.4, 0.5) is 0 Å². The maximum absolute atomic E-state index is 12.5. The van der Waals surface area contributed by atoms with Crippen LogP contribution in [0.15, 0.2) is 0 Å². The lowest BCUT2D eigenvalue weighted by Crippen LogP contribution is -2.54. The van der Waals surface area contributed by atoms with E-state index in [1.807, 2.05) is 25.7 Å². The van der Waals surface area contributed by atoms with Gasteiger partial charge in [0.05, 0.1) is 0 Å². The molecule has 2 rings (SSSR count). The lowest BCUT2D eigenvalue weighted by molar-refractivity contribution is -0.138. The third-order valence-electron chi connectivity index (χ3n) is 3.87. The van der Waals surface area contributed by atoms with Crippen LogP contribution in [0.1, 0.15) is 47.0 Å². The van der Waals surface area contributed by atoms with Crippen LogP contribution in [0.2, 0.25) is 0 Å². The highest BCUT2D eigenvalue weighted by Gasteiger charge is 2.49. The quantitative estimate of drug-likeness (QED) is 0.748. The Morgan fingerprint density at radius 3 is 2.35 bits per heavy atom. The summed E-state index contributed by atoms with van der Waals surface area (Å²) in [4.78, 5) is 26.1. The Hall–Kier alpha value is -1.06. The van der Waals surface area contributed by atoms with Crippen molar-refractivity contribution in [1.29, 1.82) is 0 Å². The Morgan fingerprint density at radius 1 is 1.29 bits per heavy atom. The number of nitrogens with zero attached hydrogens (tertiary/aromatic N) is 1. The molecule has 1 aliphatic heterocycles. The van der Waals surface area contributed by atoms with E-state index in [2.05, 4.69) is 12.2 Å². The summed E-state index contributed by atoms with van der Waals surface area (Å²) in [5.74, 6) is 0.0772. The molecular weight excluding hydrogens is 216 g/mol. The van der Waals surface area contributed by atoms with Gasteiger partial charge < -0.3 is 10.2 Å². The molecule has 17 heavy (non-hydrogen) atoms. The minimum absolute atomic E-state index is 0.00683. The van der Waals surface area contributed by atoms with E-state index in [9.17, 15) is 9.59 Å². The van der Waals surface area contributed by atoms with Gasteiger partial charge in [-0.3, -0.25) is 9.59 Å². The number of nitrogens with one attached hydrogen (secondary N) is 1. The highest BCUT2D eigenvalue weighted by molar-refractivity contribution is 5.91. The third kappa shape index (κ3) is 2.31. The van der Waals surface area contributed by atoms with Gasteiger partial charge in [0.25, 0.3) is 0 Å². The van der Waals surface area contributed by atoms with Gasteiger partial charge in [-0.25, -0.2) is 0 Å². The molecule has 0 aromatic carbocycles. The van der Waals surface area contributed by atoms with Crippen molar-refractivity contribution in [1.82, 2.24) is 10.2 Å². The molecule has 1 aliphatic carbocycles. The second-order valence-electron chi connectivity index (χ2n) is 6.60. The smallest absolute Gasteiger partial charge is 0.246 e. The SMILES string of the molecule is CC(C)(C)C1NC(=O)CCN(C2(C)CC2)C1=O. The Bertz CT molecular complexity index is 353. The van der Waals surface area contributed by atoms with Crippen molar-refractivity contribution in [3.05, 3.63) is 0 Å². The van der Waals surface area contributed by atoms with Crippen molar-refractivity contribution in [3.8, 4) is 0 Å². The molecule has 1 atom stereocenters. The number of carbonyl (C=O) groups excluding carboxylic acids is 2. The van der Waals surface area contributed by atoms with Crippen LogP contribution >= 0.6 is 0 Å². The average molecular weight is 238 g/mol. The monoisotopic (exact) mass is 238 g/mol. The maximum Gasteiger partial charge on any atom is 0.246 e. The molecule has 1 heterocycles. The Morgan fingerprint density at radius 2 is 1.88 bits per heavy atom. The molecule has 0 aromatic heterocycles. The van der Waals surface area contributed by atoms with Crippen LogP contribution in [0.25, 0.3) is 0 Å². The van der Waals surface area contributed by atoms with E-state index < -0.39 is 6.04 Å². The van der Waals surface area contributed by atoms with Crippen LogP contribution < -0.4 is 5.32 Å². The van der Waals surface area contributed by atoms with Crippen molar-refractivity contribution >= 4 is 11.8 Å². The summed E-state index contributed by atoms with van der Waals surface area (Å²) in [5, 5.41) is 2.87. The first-order chi connectivity index (χ1) is 7.74. The minimum Gasteiger partial charge on any atom is -0.344 e. The van der Waals surface area contributed by atoms with Gasteiger partial charge in [0, 0.05) is 18.5 Å². The standard InChI is InChI=1S/C13H22N2O2/c1-12(2,3)10-11(17)15(13(4)6-7-13)8-5-9(16)14-10/h10H,5-8H2,1-4H3,(H,14,16). The van der Waals surface area contributed by atoms with Gasteiger partial charge in [0.1, 0.15) is 6.04 Å². The number of amides is 2. The molecule has 1 saturated carbocycles. The fourth-order valence-corrected chi connectivity index (χ4v) is 2.35. The maximum atomic E-state index is 12.5. The molecule has 0 bridgehead atoms. The zero-order chi connectivity index (χ0) is 12.8. The largest absolute Gasteiger partial charge is 0.344 e. The number of carbonyl (C=O) groups is 2. The van der Waals surface area contributed by atoms with Crippen LogP contribution in [-0.2, 0) is 9.59 Å². The van der Waals surface area contributed by atoms with E-state index in [1.165, 1.54) is 0 Å². The van der Waals surface area contributed by atoms with Gasteiger partial charge in [0.15, 0.2) is 0 Å². The van der Waals surface area contributed by atoms with Crippen LogP contribution in [0, 0.1) is 5.41 Å². The summed E-state index contributed by atoms with van der Waals surface area (Å²) >= 11 is 0. The van der Waals surface area contributed by atoms with Crippen molar-refractivity contribution in [2.75, 3.05) is 6.54 Å². The van der Waals surface area contributed by atoms with E-state index in [4.69, 9.17) is 0 Å². The zero-order valence-corrected chi connectivity index (χ0v) is 11.2. The van der Waals surface area contributed by atoms with E-state index in [-0.39, 0.29) is 22.8 Å². The number of hydrogen-bond acceptors (Lipinski definition) is 2. The second-order valence-corrected chi connectivity index (χ2v) is 6.60. The molecule has 2 amide bonds. The molecule has 1 N–H and O–H groups in total. The highest BCUT2D eigenvalue weighted by atomic mass is 16.2. The summed E-state index contributed by atoms with van der Waals surface area (Å²) in [6.45, 7) is 8.66. The molecule has 1 saturated heterocycles. The molecule has 4 nitrogen and oxygen atoms in total. The van der Waals surface area contributed by atoms with Gasteiger partial charge in [-0.05, 0) is 25.2 Å². The van der Waals surface area contributed by atoms with Crippen molar-refractivity contribution in [3.63, 3.8) is 0 Å². The Kier molecular flexibility index (Phi) is 2.71. The second kappa shape index (κ2) is 3.72. The van der Waals surface area contributed by atoms with Crippen molar-refractivity contribution < 1.29 is 9.59 Å². The topological polar surface area (TPSA) is 49.4 Å². The first-order valence-electron chi connectivity index (χ1n) is 6.35. The average Bonchev–Trinajstić information content (AvgIpc) is 2.92. The fourth-order valence-electron chi connectivity index (χ4n) is 2.35. The summed E-state index contributed by atoms with van der Waals surface area (Å²) in [7, 11) is 0. The zero-order valence-electron chi connectivity index (χ0n) is 11.2. The summed E-state index contributed by atoms with van der Waals surface area (Å²) in [6.07, 6.45) is 2.54. The van der Waals surface area contributed by atoms with Crippen LogP contribution in [-0.4, -0.2) is 34.8 Å². The molecule has 0 radical (unpaired) electrons. The third-order valence-corrected chi connectivity index (χ3v) is 3.87. The summed E-state index contributed by atoms with van der Waals surface area (Å²) < 4.78 is 0. The normalized spacial score (nSPS) is 28.7. The highest BCUT2D eigenvalue weighted by Crippen LogP contribution is 2.42.